The Balaban J connectivity index is 1.46. The van der Waals surface area contributed by atoms with E-state index in [0.717, 1.165) is 21.8 Å². The van der Waals surface area contributed by atoms with Crippen molar-refractivity contribution in [1.82, 2.24) is 14.9 Å². The summed E-state index contributed by atoms with van der Waals surface area (Å²) in [7, 11) is 0. The van der Waals surface area contributed by atoms with E-state index >= 15 is 0 Å². The molecule has 4 aromatic rings. The maximum atomic E-state index is 5.80. The molecule has 0 aliphatic heterocycles. The van der Waals surface area contributed by atoms with Gasteiger partial charge in [-0.15, -0.1) is 11.3 Å². The van der Waals surface area contributed by atoms with E-state index in [1.54, 1.807) is 22.2 Å². The Kier molecular flexibility index (Phi) is 5.22. The van der Waals surface area contributed by atoms with E-state index in [0.29, 0.717) is 17.2 Å². The molecule has 0 spiro atoms. The highest BCUT2D eigenvalue weighted by molar-refractivity contribution is 7.71. The maximum absolute atomic E-state index is 5.80. The van der Waals surface area contributed by atoms with Crippen molar-refractivity contribution < 1.29 is 4.74 Å². The molecule has 5 nitrogen and oxygen atoms in total. The van der Waals surface area contributed by atoms with Gasteiger partial charge in [-0.3, -0.25) is 0 Å². The van der Waals surface area contributed by atoms with Crippen LogP contribution in [-0.4, -0.2) is 21.1 Å². The monoisotopic (exact) mass is 392 g/mol. The Morgan fingerprint density at radius 2 is 1.89 bits per heavy atom. The molecule has 0 saturated heterocycles. The lowest BCUT2D eigenvalue weighted by atomic mass is 10.2. The summed E-state index contributed by atoms with van der Waals surface area (Å²) < 4.78 is 7.89. The van der Waals surface area contributed by atoms with E-state index < -0.39 is 0 Å². The van der Waals surface area contributed by atoms with Crippen LogP contribution in [0.15, 0.2) is 77.2 Å². The molecule has 0 atom stereocenters. The second-order valence-electron chi connectivity index (χ2n) is 5.73. The summed E-state index contributed by atoms with van der Waals surface area (Å²) >= 11 is 6.87. The fourth-order valence-corrected chi connectivity index (χ4v) is 3.36. The average Bonchev–Trinajstić information content (AvgIpc) is 3.36. The van der Waals surface area contributed by atoms with Gasteiger partial charge in [-0.25, -0.2) is 5.10 Å². The van der Waals surface area contributed by atoms with Crippen molar-refractivity contribution in [3.05, 3.63) is 88.0 Å². The second kappa shape index (κ2) is 8.11. The first kappa shape index (κ1) is 17.4. The molecule has 0 aliphatic carbocycles. The predicted molar refractivity (Wildman–Crippen MR) is 111 cm³/mol. The van der Waals surface area contributed by atoms with Crippen LogP contribution >= 0.6 is 23.6 Å². The van der Waals surface area contributed by atoms with Crippen LogP contribution in [0.2, 0.25) is 0 Å². The van der Waals surface area contributed by atoms with E-state index in [4.69, 9.17) is 17.0 Å². The highest BCUT2D eigenvalue weighted by atomic mass is 32.1. The van der Waals surface area contributed by atoms with Crippen LogP contribution in [0.3, 0.4) is 0 Å². The summed E-state index contributed by atoms with van der Waals surface area (Å²) in [5.41, 5.74) is 2.08. The zero-order valence-corrected chi connectivity index (χ0v) is 15.9. The minimum atomic E-state index is 0.456. The van der Waals surface area contributed by atoms with Crippen molar-refractivity contribution >= 4 is 29.8 Å². The molecule has 0 aliphatic rings. The Morgan fingerprint density at radius 1 is 1.07 bits per heavy atom. The van der Waals surface area contributed by atoms with Crippen molar-refractivity contribution in [2.24, 2.45) is 5.10 Å². The van der Waals surface area contributed by atoms with Gasteiger partial charge < -0.3 is 4.74 Å². The van der Waals surface area contributed by atoms with Gasteiger partial charge in [0.2, 0.25) is 4.77 Å². The second-order valence-corrected chi connectivity index (χ2v) is 7.06. The lowest BCUT2D eigenvalue weighted by Gasteiger charge is -2.06. The number of benzene rings is 2. The number of nitrogens with zero attached hydrogens (tertiary/aromatic N) is 3. The third kappa shape index (κ3) is 4.21. The summed E-state index contributed by atoms with van der Waals surface area (Å²) in [6, 6.07) is 21.8. The SMILES string of the molecule is S=c1[nH]nc(-c2cccs2)n1/N=C\c1ccc(OCc2ccccc2)cc1. The van der Waals surface area contributed by atoms with Gasteiger partial charge in [0.25, 0.3) is 0 Å². The summed E-state index contributed by atoms with van der Waals surface area (Å²) in [5, 5.41) is 13.5. The molecule has 4 rings (SSSR count). The van der Waals surface area contributed by atoms with E-state index in [-0.39, 0.29) is 0 Å². The largest absolute Gasteiger partial charge is 0.489 e. The van der Waals surface area contributed by atoms with Crippen molar-refractivity contribution in [3.8, 4) is 16.5 Å². The zero-order valence-electron chi connectivity index (χ0n) is 14.3. The lowest BCUT2D eigenvalue weighted by molar-refractivity contribution is 0.306. The number of hydrogen-bond donors (Lipinski definition) is 1. The van der Waals surface area contributed by atoms with Crippen LogP contribution in [-0.2, 0) is 6.61 Å². The highest BCUT2D eigenvalue weighted by Crippen LogP contribution is 2.22. The third-order valence-electron chi connectivity index (χ3n) is 3.84. The van der Waals surface area contributed by atoms with Crippen molar-refractivity contribution in [3.63, 3.8) is 0 Å². The third-order valence-corrected chi connectivity index (χ3v) is 4.97. The van der Waals surface area contributed by atoms with E-state index in [1.807, 2.05) is 72.1 Å². The summed E-state index contributed by atoms with van der Waals surface area (Å²) in [4.78, 5) is 1.00. The number of H-pyrrole nitrogens is 1. The molecule has 0 saturated carbocycles. The molecular weight excluding hydrogens is 376 g/mol. The minimum Gasteiger partial charge on any atom is -0.489 e. The molecule has 27 heavy (non-hydrogen) atoms. The summed E-state index contributed by atoms with van der Waals surface area (Å²) in [5.74, 6) is 1.52. The molecule has 2 aromatic heterocycles. The molecule has 7 heteroatoms. The van der Waals surface area contributed by atoms with Gasteiger partial charge in [-0.05, 0) is 59.1 Å². The number of aromatic amines is 1. The summed E-state index contributed by atoms with van der Waals surface area (Å²) in [6.45, 7) is 0.544. The Labute approximate surface area is 165 Å². The smallest absolute Gasteiger partial charge is 0.216 e. The number of thiophene rings is 1. The molecule has 134 valence electrons. The number of rotatable bonds is 6. The van der Waals surface area contributed by atoms with Gasteiger partial charge in [-0.1, -0.05) is 36.4 Å². The molecule has 2 aromatic carbocycles. The highest BCUT2D eigenvalue weighted by Gasteiger charge is 2.08. The van der Waals surface area contributed by atoms with Crippen LogP contribution in [0.5, 0.6) is 5.75 Å². The normalized spacial score (nSPS) is 11.1. The van der Waals surface area contributed by atoms with E-state index in [9.17, 15) is 0 Å². The molecule has 0 amide bonds. The van der Waals surface area contributed by atoms with Crippen molar-refractivity contribution in [2.75, 3.05) is 0 Å². The van der Waals surface area contributed by atoms with Crippen molar-refractivity contribution in [2.45, 2.75) is 6.61 Å². The average molecular weight is 393 g/mol. The number of aromatic nitrogens is 3. The van der Waals surface area contributed by atoms with Gasteiger partial charge in [0.1, 0.15) is 12.4 Å². The number of hydrogen-bond acceptors (Lipinski definition) is 5. The molecular formula is C20H16N4OS2. The van der Waals surface area contributed by atoms with Crippen LogP contribution in [0.1, 0.15) is 11.1 Å². The Hall–Kier alpha value is -3.03. The van der Waals surface area contributed by atoms with Gasteiger partial charge in [-0.2, -0.15) is 14.9 Å². The molecule has 2 heterocycles. The fourth-order valence-electron chi connectivity index (χ4n) is 2.48. The Morgan fingerprint density at radius 3 is 2.63 bits per heavy atom. The molecule has 0 unspecified atom stereocenters. The number of nitrogens with one attached hydrogen (secondary N) is 1. The first-order valence-electron chi connectivity index (χ1n) is 8.32. The fraction of sp³-hybridized carbons (Fsp3) is 0.0500. The first-order valence-corrected chi connectivity index (χ1v) is 9.61. The van der Waals surface area contributed by atoms with E-state index in [1.165, 1.54) is 0 Å². The van der Waals surface area contributed by atoms with Crippen LogP contribution in [0.25, 0.3) is 10.7 Å². The molecule has 0 fully saturated rings. The Bertz CT molecular complexity index is 1080. The first-order chi connectivity index (χ1) is 13.3. The lowest BCUT2D eigenvalue weighted by Crippen LogP contribution is -1.96. The molecule has 0 bridgehead atoms. The predicted octanol–water partition coefficient (Wildman–Crippen LogP) is 5.13. The van der Waals surface area contributed by atoms with Gasteiger partial charge in [0, 0.05) is 0 Å². The molecule has 0 radical (unpaired) electrons. The van der Waals surface area contributed by atoms with E-state index in [2.05, 4.69) is 15.3 Å². The van der Waals surface area contributed by atoms with Crippen LogP contribution < -0.4 is 4.74 Å². The number of ether oxygens (including phenoxy) is 1. The molecule has 1 N–H and O–H groups in total. The standard InChI is InChI=1S/C20H16N4OS2/c26-20-23-22-19(18-7-4-12-27-18)24(20)21-13-15-8-10-17(11-9-15)25-14-16-5-2-1-3-6-16/h1-13H,14H2,(H,23,26)/b21-13-. The van der Waals surface area contributed by atoms with Crippen LogP contribution in [0.4, 0.5) is 0 Å². The van der Waals surface area contributed by atoms with Crippen molar-refractivity contribution in [1.29, 1.82) is 0 Å². The van der Waals surface area contributed by atoms with Gasteiger partial charge in [0.05, 0.1) is 11.1 Å². The topological polar surface area (TPSA) is 55.2 Å². The van der Waals surface area contributed by atoms with Gasteiger partial charge >= 0.3 is 0 Å². The van der Waals surface area contributed by atoms with Gasteiger partial charge in [0.15, 0.2) is 5.82 Å². The quantitative estimate of drug-likeness (QED) is 0.365. The minimum absolute atomic E-state index is 0.456. The summed E-state index contributed by atoms with van der Waals surface area (Å²) in [6.07, 6.45) is 1.75. The maximum Gasteiger partial charge on any atom is 0.216 e. The zero-order chi connectivity index (χ0) is 18.5. The van der Waals surface area contributed by atoms with Crippen LogP contribution in [0, 0.1) is 4.77 Å².